The van der Waals surface area contributed by atoms with Crippen LogP contribution in [0.1, 0.15) is 28.5 Å². The molecule has 0 saturated heterocycles. The van der Waals surface area contributed by atoms with E-state index in [9.17, 15) is 4.79 Å². The Morgan fingerprint density at radius 1 is 1.38 bits per heavy atom. The molecule has 0 aliphatic heterocycles. The van der Waals surface area contributed by atoms with Crippen LogP contribution in [0.3, 0.4) is 0 Å². The summed E-state index contributed by atoms with van der Waals surface area (Å²) in [5.41, 5.74) is 4.09. The number of carboxylic acids is 1. The first kappa shape index (κ1) is 13.4. The van der Waals surface area contributed by atoms with E-state index >= 15 is 0 Å². The average Bonchev–Trinajstić information content (AvgIpc) is 3.02. The van der Waals surface area contributed by atoms with Gasteiger partial charge in [-0.2, -0.15) is 5.10 Å². The normalized spacial score (nSPS) is 11.1. The predicted molar refractivity (Wildman–Crippen MR) is 78.4 cm³/mol. The minimum absolute atomic E-state index is 0.253. The van der Waals surface area contributed by atoms with E-state index in [1.165, 1.54) is 0 Å². The van der Waals surface area contributed by atoms with Crippen molar-refractivity contribution in [2.45, 2.75) is 19.9 Å². The second-order valence-electron chi connectivity index (χ2n) is 5.01. The van der Waals surface area contributed by atoms with Crippen molar-refractivity contribution in [2.24, 2.45) is 7.05 Å². The van der Waals surface area contributed by atoms with Gasteiger partial charge in [-0.3, -0.25) is 4.68 Å². The fourth-order valence-electron chi connectivity index (χ4n) is 2.52. The molecule has 0 unspecified atom stereocenters. The highest BCUT2D eigenvalue weighted by Crippen LogP contribution is 2.18. The van der Waals surface area contributed by atoms with Gasteiger partial charge >= 0.3 is 5.97 Å². The molecule has 21 heavy (non-hydrogen) atoms. The van der Waals surface area contributed by atoms with Crippen molar-refractivity contribution in [3.63, 3.8) is 0 Å². The predicted octanol–water partition coefficient (Wildman–Crippen LogP) is 2.08. The van der Waals surface area contributed by atoms with Crippen LogP contribution in [-0.4, -0.2) is 30.4 Å². The molecule has 0 amide bonds. The molecule has 0 bridgehead atoms. The summed E-state index contributed by atoms with van der Waals surface area (Å²) in [5, 5.41) is 13.4. The van der Waals surface area contributed by atoms with Gasteiger partial charge in [0, 0.05) is 18.8 Å². The van der Waals surface area contributed by atoms with E-state index in [0.717, 1.165) is 23.2 Å². The van der Waals surface area contributed by atoms with Crippen molar-refractivity contribution in [3.05, 3.63) is 47.5 Å². The molecule has 0 radical (unpaired) electrons. The van der Waals surface area contributed by atoms with E-state index in [1.54, 1.807) is 24.5 Å². The monoisotopic (exact) mass is 284 g/mol. The summed E-state index contributed by atoms with van der Waals surface area (Å²) in [7, 11) is 1.91. The Bertz CT molecular complexity index is 816. The van der Waals surface area contributed by atoms with Gasteiger partial charge in [0.15, 0.2) is 0 Å². The summed E-state index contributed by atoms with van der Waals surface area (Å²) in [6.07, 6.45) is 4.63. The lowest BCUT2D eigenvalue weighted by atomic mass is 10.2. The third-order valence-corrected chi connectivity index (χ3v) is 3.54. The number of carbonyl (C=O) groups is 1. The summed E-state index contributed by atoms with van der Waals surface area (Å²) < 4.78 is 3.83. The molecule has 0 spiro atoms. The van der Waals surface area contributed by atoms with Crippen molar-refractivity contribution in [1.82, 2.24) is 19.3 Å². The SMILES string of the molecule is CCc1nn(C)cc1Cn1cnc2cc(C(=O)O)ccc21. The van der Waals surface area contributed by atoms with Crippen LogP contribution in [0.25, 0.3) is 11.0 Å². The first-order valence-electron chi connectivity index (χ1n) is 6.78. The van der Waals surface area contributed by atoms with E-state index in [4.69, 9.17) is 5.11 Å². The van der Waals surface area contributed by atoms with Crippen molar-refractivity contribution in [1.29, 1.82) is 0 Å². The van der Waals surface area contributed by atoms with Gasteiger partial charge in [-0.05, 0) is 24.6 Å². The van der Waals surface area contributed by atoms with Gasteiger partial charge in [-0.25, -0.2) is 9.78 Å². The summed E-state index contributed by atoms with van der Waals surface area (Å²) >= 11 is 0. The smallest absolute Gasteiger partial charge is 0.335 e. The number of carboxylic acid groups (broad SMARTS) is 1. The van der Waals surface area contributed by atoms with Crippen LogP contribution in [-0.2, 0) is 20.0 Å². The topological polar surface area (TPSA) is 72.9 Å². The molecular formula is C15H16N4O2. The van der Waals surface area contributed by atoms with Crippen LogP contribution >= 0.6 is 0 Å². The van der Waals surface area contributed by atoms with E-state index in [1.807, 2.05) is 22.5 Å². The van der Waals surface area contributed by atoms with Crippen LogP contribution in [0.4, 0.5) is 0 Å². The van der Waals surface area contributed by atoms with Crippen molar-refractivity contribution in [2.75, 3.05) is 0 Å². The number of imidazole rings is 1. The highest BCUT2D eigenvalue weighted by molar-refractivity contribution is 5.92. The molecule has 6 heteroatoms. The van der Waals surface area contributed by atoms with Crippen LogP contribution in [0.15, 0.2) is 30.7 Å². The van der Waals surface area contributed by atoms with E-state index in [2.05, 4.69) is 17.0 Å². The highest BCUT2D eigenvalue weighted by Gasteiger charge is 2.11. The molecule has 1 N–H and O–H groups in total. The Balaban J connectivity index is 1.99. The molecule has 2 heterocycles. The second kappa shape index (κ2) is 5.05. The maximum absolute atomic E-state index is 11.0. The quantitative estimate of drug-likeness (QED) is 0.796. The first-order valence-corrected chi connectivity index (χ1v) is 6.78. The van der Waals surface area contributed by atoms with Gasteiger partial charge in [0.2, 0.25) is 0 Å². The molecule has 0 fully saturated rings. The van der Waals surface area contributed by atoms with Gasteiger partial charge in [-0.15, -0.1) is 0 Å². The number of fused-ring (bicyclic) bond motifs is 1. The highest BCUT2D eigenvalue weighted by atomic mass is 16.4. The van der Waals surface area contributed by atoms with Crippen LogP contribution in [0, 0.1) is 0 Å². The minimum Gasteiger partial charge on any atom is -0.478 e. The molecule has 6 nitrogen and oxygen atoms in total. The molecule has 3 aromatic rings. The van der Waals surface area contributed by atoms with Gasteiger partial charge in [0.25, 0.3) is 0 Å². The zero-order valence-electron chi connectivity index (χ0n) is 11.9. The van der Waals surface area contributed by atoms with Gasteiger partial charge < -0.3 is 9.67 Å². The molecule has 0 aliphatic rings. The third kappa shape index (κ3) is 2.40. The second-order valence-corrected chi connectivity index (χ2v) is 5.01. The maximum Gasteiger partial charge on any atom is 0.335 e. The molecule has 0 saturated carbocycles. The maximum atomic E-state index is 11.0. The van der Waals surface area contributed by atoms with Gasteiger partial charge in [-0.1, -0.05) is 6.92 Å². The Kier molecular flexibility index (Phi) is 3.21. The van der Waals surface area contributed by atoms with E-state index < -0.39 is 5.97 Å². The Labute approximate surface area is 121 Å². The molecule has 0 aliphatic carbocycles. The number of aryl methyl sites for hydroxylation is 2. The fourth-order valence-corrected chi connectivity index (χ4v) is 2.52. The van der Waals surface area contributed by atoms with Crippen molar-refractivity contribution in [3.8, 4) is 0 Å². The number of benzene rings is 1. The van der Waals surface area contributed by atoms with Crippen LogP contribution in [0.5, 0.6) is 0 Å². The minimum atomic E-state index is -0.938. The third-order valence-electron chi connectivity index (χ3n) is 3.54. The largest absolute Gasteiger partial charge is 0.478 e. The summed E-state index contributed by atoms with van der Waals surface area (Å²) in [6, 6.07) is 5.00. The first-order chi connectivity index (χ1) is 10.1. The van der Waals surface area contributed by atoms with Crippen molar-refractivity contribution < 1.29 is 9.90 Å². The van der Waals surface area contributed by atoms with Crippen molar-refractivity contribution >= 4 is 17.0 Å². The molecule has 2 aromatic heterocycles. The van der Waals surface area contributed by atoms with Gasteiger partial charge in [0.05, 0.1) is 35.2 Å². The Hall–Kier alpha value is -2.63. The summed E-state index contributed by atoms with van der Waals surface area (Å²) in [5.74, 6) is -0.938. The Morgan fingerprint density at radius 3 is 2.90 bits per heavy atom. The lowest BCUT2D eigenvalue weighted by Crippen LogP contribution is -2.00. The lowest BCUT2D eigenvalue weighted by Gasteiger charge is -2.04. The zero-order valence-corrected chi connectivity index (χ0v) is 11.9. The molecular weight excluding hydrogens is 268 g/mol. The standard InChI is InChI=1S/C15H16N4O2/c1-3-12-11(7-18(2)17-12)8-19-9-16-13-6-10(15(20)21)4-5-14(13)19/h4-7,9H,3,8H2,1-2H3,(H,20,21). The summed E-state index contributed by atoms with van der Waals surface area (Å²) in [6.45, 7) is 2.76. The number of aromatic nitrogens is 4. The number of nitrogens with zero attached hydrogens (tertiary/aromatic N) is 4. The molecule has 108 valence electrons. The molecule has 1 aromatic carbocycles. The number of hydrogen-bond acceptors (Lipinski definition) is 3. The summed E-state index contributed by atoms with van der Waals surface area (Å²) in [4.78, 5) is 15.3. The average molecular weight is 284 g/mol. The number of hydrogen-bond donors (Lipinski definition) is 1. The fraction of sp³-hybridized carbons (Fsp3) is 0.267. The Morgan fingerprint density at radius 2 is 2.19 bits per heavy atom. The van der Waals surface area contributed by atoms with E-state index in [-0.39, 0.29) is 5.56 Å². The lowest BCUT2D eigenvalue weighted by molar-refractivity contribution is 0.0697. The van der Waals surface area contributed by atoms with Gasteiger partial charge in [0.1, 0.15) is 0 Å². The number of aromatic carboxylic acids is 1. The van der Waals surface area contributed by atoms with E-state index in [0.29, 0.717) is 12.1 Å². The number of rotatable bonds is 4. The van der Waals surface area contributed by atoms with Crippen LogP contribution < -0.4 is 0 Å². The molecule has 0 atom stereocenters. The zero-order chi connectivity index (χ0) is 15.0. The van der Waals surface area contributed by atoms with Crippen LogP contribution in [0.2, 0.25) is 0 Å². The molecule has 3 rings (SSSR count).